The van der Waals surface area contributed by atoms with Crippen LogP contribution in [0.5, 0.6) is 0 Å². The van der Waals surface area contributed by atoms with Gasteiger partial charge in [0.1, 0.15) is 18.7 Å². The van der Waals surface area contributed by atoms with E-state index < -0.39 is 24.1 Å². The van der Waals surface area contributed by atoms with Gasteiger partial charge < -0.3 is 37.5 Å². The van der Waals surface area contributed by atoms with E-state index in [1.807, 2.05) is 64.1 Å². The number of carbonyl (C=O) groups excluding carboxylic acids is 4. The minimum Gasteiger partial charge on any atom is -0.445 e. The van der Waals surface area contributed by atoms with E-state index >= 15 is 0 Å². The lowest BCUT2D eigenvalue weighted by Crippen LogP contribution is -2.57. The van der Waals surface area contributed by atoms with Crippen molar-refractivity contribution < 1.29 is 23.9 Å². The van der Waals surface area contributed by atoms with Crippen molar-refractivity contribution in [2.24, 2.45) is 28.3 Å². The van der Waals surface area contributed by atoms with Crippen molar-refractivity contribution >= 4 is 29.8 Å². The van der Waals surface area contributed by atoms with Crippen molar-refractivity contribution in [1.82, 2.24) is 21.3 Å². The van der Waals surface area contributed by atoms with Crippen LogP contribution in [0.1, 0.15) is 90.2 Å². The summed E-state index contributed by atoms with van der Waals surface area (Å²) in [5, 5.41) is 11.5. The summed E-state index contributed by atoms with van der Waals surface area (Å²) in [6.45, 7) is 8.43. The van der Waals surface area contributed by atoms with E-state index in [1.165, 1.54) is 5.56 Å². The molecule has 4 amide bonds. The highest BCUT2D eigenvalue weighted by Crippen LogP contribution is 2.11. The first-order valence-electron chi connectivity index (χ1n) is 17.9. The Hall–Kier alpha value is -4.61. The molecule has 0 aliphatic rings. The zero-order valence-electron chi connectivity index (χ0n) is 30.3. The van der Waals surface area contributed by atoms with Crippen molar-refractivity contribution in [2.45, 2.75) is 110 Å². The Labute approximate surface area is 298 Å². The number of aryl methyl sites for hydroxylation is 1. The number of unbranched alkanes of at least 4 members (excludes halogenated alkanes) is 3. The van der Waals surface area contributed by atoms with Crippen LogP contribution in [0.4, 0.5) is 4.79 Å². The topological polar surface area (TPSA) is 190 Å². The summed E-state index contributed by atoms with van der Waals surface area (Å²) >= 11 is 0. The van der Waals surface area contributed by atoms with Gasteiger partial charge >= 0.3 is 6.09 Å². The third-order valence-corrected chi connectivity index (χ3v) is 8.22. The van der Waals surface area contributed by atoms with Gasteiger partial charge in [-0.25, -0.2) is 4.79 Å². The van der Waals surface area contributed by atoms with Crippen LogP contribution in [0.25, 0.3) is 0 Å². The van der Waals surface area contributed by atoms with Crippen LogP contribution in [-0.4, -0.2) is 61.0 Å². The fraction of sp³-hybridized carbons (Fsp3) is 0.553. The molecule has 0 saturated carbocycles. The number of carbonyl (C=O) groups is 4. The van der Waals surface area contributed by atoms with Crippen LogP contribution < -0.4 is 32.7 Å². The number of guanidine groups is 1. The molecule has 0 spiro atoms. The van der Waals surface area contributed by atoms with Crippen LogP contribution in [0.2, 0.25) is 0 Å². The van der Waals surface area contributed by atoms with Crippen LogP contribution >= 0.6 is 0 Å². The van der Waals surface area contributed by atoms with Crippen LogP contribution in [0.15, 0.2) is 65.7 Å². The summed E-state index contributed by atoms with van der Waals surface area (Å²) in [6, 6.07) is 17.4. The summed E-state index contributed by atoms with van der Waals surface area (Å²) < 4.78 is 5.34. The van der Waals surface area contributed by atoms with Gasteiger partial charge in [0.25, 0.3) is 0 Å². The molecular weight excluding hydrogens is 634 g/mol. The number of rotatable bonds is 23. The number of nitrogens with two attached hydrogens (primary N) is 2. The summed E-state index contributed by atoms with van der Waals surface area (Å²) in [5.41, 5.74) is 13.0. The number of alkyl carbamates (subject to hydrolysis) is 1. The van der Waals surface area contributed by atoms with Crippen LogP contribution in [0, 0.1) is 11.8 Å². The molecule has 0 fully saturated rings. The molecule has 2 rings (SSSR count). The minimum atomic E-state index is -0.992. The summed E-state index contributed by atoms with van der Waals surface area (Å²) in [7, 11) is 0. The number of aliphatic imine (C=N–C) groups is 1. The number of amides is 4. The summed E-state index contributed by atoms with van der Waals surface area (Å²) in [6.07, 6.45) is 5.65. The molecule has 0 bridgehead atoms. The molecular formula is C38H59N7O5. The fourth-order valence-electron chi connectivity index (χ4n) is 5.32. The van der Waals surface area contributed by atoms with Gasteiger partial charge in [-0.1, -0.05) is 101 Å². The van der Waals surface area contributed by atoms with Crippen molar-refractivity contribution in [3.05, 3.63) is 71.8 Å². The molecule has 50 heavy (non-hydrogen) atoms. The number of benzene rings is 2. The Kier molecular flexibility index (Phi) is 19.7. The third-order valence-electron chi connectivity index (χ3n) is 8.22. The molecule has 2 aromatic rings. The standard InChI is InChI=1S/C38H59N7O5/c1-27(2)24-32(43-35(47)31(21-15-23-41-37(39)40)45-38(49)50-26-30-19-12-8-13-20-30)36(48)44-33(28(3)4)25-42-34(46)22-14-6-5-9-16-29-17-10-7-11-18-29/h7-8,10-13,17-20,27-28,31-33H,5-6,9,14-16,21-26H2,1-4H3,(H,42,46)(H,43,47)(H,44,48)(H,45,49)(H4,39,40,41)/t31-,32-,33+/m0/s1. The maximum absolute atomic E-state index is 13.6. The van der Waals surface area contributed by atoms with E-state index in [2.05, 4.69) is 50.5 Å². The normalized spacial score (nSPS) is 12.8. The Morgan fingerprint density at radius 3 is 1.98 bits per heavy atom. The highest BCUT2D eigenvalue weighted by Gasteiger charge is 2.29. The van der Waals surface area contributed by atoms with E-state index in [-0.39, 0.29) is 61.8 Å². The molecule has 276 valence electrons. The lowest BCUT2D eigenvalue weighted by atomic mass is 9.99. The van der Waals surface area contributed by atoms with Crippen molar-refractivity contribution in [3.8, 4) is 0 Å². The average molecular weight is 694 g/mol. The van der Waals surface area contributed by atoms with E-state index in [4.69, 9.17) is 16.2 Å². The predicted molar refractivity (Wildman–Crippen MR) is 198 cm³/mol. The van der Waals surface area contributed by atoms with Crippen molar-refractivity contribution in [2.75, 3.05) is 13.1 Å². The first-order chi connectivity index (χ1) is 23.9. The average Bonchev–Trinajstić information content (AvgIpc) is 3.08. The number of nitrogens with one attached hydrogen (secondary N) is 4. The molecule has 0 radical (unpaired) electrons. The third kappa shape index (κ3) is 18.2. The second-order valence-corrected chi connectivity index (χ2v) is 13.5. The Balaban J connectivity index is 1.93. The van der Waals surface area contributed by atoms with Crippen molar-refractivity contribution in [1.29, 1.82) is 0 Å². The first-order valence-corrected chi connectivity index (χ1v) is 17.9. The number of ether oxygens (including phenoxy) is 1. The van der Waals surface area contributed by atoms with E-state index in [0.29, 0.717) is 19.3 Å². The maximum atomic E-state index is 13.6. The van der Waals surface area contributed by atoms with Gasteiger partial charge in [0, 0.05) is 25.6 Å². The van der Waals surface area contributed by atoms with Crippen molar-refractivity contribution in [3.63, 3.8) is 0 Å². The van der Waals surface area contributed by atoms with E-state index in [0.717, 1.165) is 37.7 Å². The quantitative estimate of drug-likeness (QED) is 0.0568. The Morgan fingerprint density at radius 1 is 0.740 bits per heavy atom. The van der Waals surface area contributed by atoms with Crippen LogP contribution in [0.3, 0.4) is 0 Å². The largest absolute Gasteiger partial charge is 0.445 e. The second-order valence-electron chi connectivity index (χ2n) is 13.5. The lowest BCUT2D eigenvalue weighted by molar-refractivity contribution is -0.131. The Bertz CT molecular complexity index is 1320. The summed E-state index contributed by atoms with van der Waals surface area (Å²) in [5.74, 6) is -0.888. The SMILES string of the molecule is CC(C)C[C@H](NC(=O)[C@H](CCCN=C(N)N)NC(=O)OCc1ccccc1)C(=O)N[C@H](CNC(=O)CCCCCCc1ccccc1)C(C)C. The van der Waals surface area contributed by atoms with Gasteiger partial charge in [0.2, 0.25) is 17.7 Å². The predicted octanol–water partition coefficient (Wildman–Crippen LogP) is 4.32. The highest BCUT2D eigenvalue weighted by atomic mass is 16.5. The molecule has 0 heterocycles. The number of nitrogens with zero attached hydrogens (tertiary/aromatic N) is 1. The zero-order valence-corrected chi connectivity index (χ0v) is 30.3. The molecule has 0 unspecified atom stereocenters. The van der Waals surface area contributed by atoms with Gasteiger partial charge in [-0.15, -0.1) is 0 Å². The molecule has 0 aliphatic carbocycles. The maximum Gasteiger partial charge on any atom is 0.408 e. The van der Waals surface area contributed by atoms with Crippen LogP contribution in [-0.2, 0) is 32.1 Å². The van der Waals surface area contributed by atoms with Gasteiger partial charge in [-0.2, -0.15) is 0 Å². The Morgan fingerprint density at radius 2 is 1.36 bits per heavy atom. The molecule has 3 atom stereocenters. The monoisotopic (exact) mass is 693 g/mol. The smallest absolute Gasteiger partial charge is 0.408 e. The highest BCUT2D eigenvalue weighted by molar-refractivity contribution is 5.91. The molecule has 12 nitrogen and oxygen atoms in total. The van der Waals surface area contributed by atoms with Gasteiger partial charge in [-0.3, -0.25) is 19.4 Å². The minimum absolute atomic E-state index is 0.0250. The first kappa shape index (κ1) is 41.6. The summed E-state index contributed by atoms with van der Waals surface area (Å²) in [4.78, 5) is 56.4. The molecule has 0 saturated heterocycles. The molecule has 8 N–H and O–H groups in total. The fourth-order valence-corrected chi connectivity index (χ4v) is 5.32. The number of hydrogen-bond acceptors (Lipinski definition) is 6. The van der Waals surface area contributed by atoms with Gasteiger partial charge in [-0.05, 0) is 61.5 Å². The molecule has 12 heteroatoms. The zero-order chi connectivity index (χ0) is 36.7. The molecule has 2 aromatic carbocycles. The van der Waals surface area contributed by atoms with E-state index in [1.54, 1.807) is 0 Å². The van der Waals surface area contributed by atoms with Gasteiger partial charge in [0.05, 0.1) is 0 Å². The van der Waals surface area contributed by atoms with E-state index in [9.17, 15) is 19.2 Å². The second kappa shape index (κ2) is 23.7. The molecule has 0 aliphatic heterocycles. The number of hydrogen-bond donors (Lipinski definition) is 6. The lowest BCUT2D eigenvalue weighted by Gasteiger charge is -2.28. The van der Waals surface area contributed by atoms with Gasteiger partial charge in [0.15, 0.2) is 5.96 Å². The molecule has 0 aromatic heterocycles.